The fourth-order valence-electron chi connectivity index (χ4n) is 3.30. The second-order valence-electron chi connectivity index (χ2n) is 6.90. The molecule has 4 aromatic rings. The number of hydrogen-bond donors (Lipinski definition) is 1. The number of nitrogens with one attached hydrogen (secondary N) is 1. The summed E-state index contributed by atoms with van der Waals surface area (Å²) in [6, 6.07) is 10.9. The average Bonchev–Trinajstić information content (AvgIpc) is 3.20. The molecule has 0 aliphatic carbocycles. The number of thioether (sulfide) groups is 1. The molecule has 0 radical (unpaired) electrons. The summed E-state index contributed by atoms with van der Waals surface area (Å²) in [5, 5.41) is 12.2. The van der Waals surface area contributed by atoms with E-state index in [1.165, 1.54) is 23.9 Å². The number of benzene rings is 2. The second-order valence-corrected chi connectivity index (χ2v) is 8.25. The maximum Gasteiger partial charge on any atom is 0.262 e. The zero-order valence-electron chi connectivity index (χ0n) is 17.0. The van der Waals surface area contributed by atoms with Gasteiger partial charge in [-0.05, 0) is 36.8 Å². The molecule has 0 unspecified atom stereocenters. The van der Waals surface area contributed by atoms with Gasteiger partial charge >= 0.3 is 0 Å². The van der Waals surface area contributed by atoms with Crippen LogP contribution in [0.3, 0.4) is 0 Å². The number of rotatable bonds is 8. The summed E-state index contributed by atoms with van der Waals surface area (Å²) >= 11 is 7.14. The van der Waals surface area contributed by atoms with Crippen molar-refractivity contribution in [3.05, 3.63) is 63.7 Å². The van der Waals surface area contributed by atoms with E-state index in [1.807, 2.05) is 12.1 Å². The third-order valence-corrected chi connectivity index (χ3v) is 5.99. The molecule has 0 bridgehead atoms. The quantitative estimate of drug-likeness (QED) is 0.309. The number of methoxy groups -OCH3 is 1. The first-order valence-electron chi connectivity index (χ1n) is 9.73. The third kappa shape index (κ3) is 4.47. The Hall–Kier alpha value is -2.95. The molecular formula is C21H19ClFN5O3S. The van der Waals surface area contributed by atoms with Crippen molar-refractivity contribution in [1.29, 1.82) is 0 Å². The first-order chi connectivity index (χ1) is 15.5. The number of ether oxygens (including phenoxy) is 1. The van der Waals surface area contributed by atoms with E-state index >= 15 is 0 Å². The van der Waals surface area contributed by atoms with Crippen molar-refractivity contribution in [2.24, 2.45) is 0 Å². The van der Waals surface area contributed by atoms with Gasteiger partial charge in [-0.25, -0.2) is 4.39 Å². The van der Waals surface area contributed by atoms with Crippen LogP contribution in [-0.4, -0.2) is 44.5 Å². The van der Waals surface area contributed by atoms with Gasteiger partial charge in [0.1, 0.15) is 5.82 Å². The van der Waals surface area contributed by atoms with Crippen molar-refractivity contribution < 1.29 is 13.9 Å². The van der Waals surface area contributed by atoms with Gasteiger partial charge in [0.2, 0.25) is 11.7 Å². The number of carbonyl (C=O) groups excluding carboxylic acids is 1. The first-order valence-corrected chi connectivity index (χ1v) is 11.1. The van der Waals surface area contributed by atoms with Gasteiger partial charge in [-0.3, -0.25) is 18.6 Å². The number of carbonyl (C=O) groups is 1. The van der Waals surface area contributed by atoms with Crippen LogP contribution in [0.15, 0.2) is 52.4 Å². The minimum absolute atomic E-state index is 0.0195. The molecule has 8 nitrogen and oxygen atoms in total. The number of amides is 1. The van der Waals surface area contributed by atoms with Crippen LogP contribution in [0.4, 0.5) is 10.1 Å². The molecule has 0 aliphatic heterocycles. The highest BCUT2D eigenvalue weighted by atomic mass is 35.5. The molecule has 0 fully saturated rings. The zero-order chi connectivity index (χ0) is 22.7. The molecule has 0 aliphatic rings. The lowest BCUT2D eigenvalue weighted by Crippen LogP contribution is -2.24. The second kappa shape index (κ2) is 9.68. The Morgan fingerprint density at radius 1 is 1.25 bits per heavy atom. The normalized spacial score (nSPS) is 11.3. The summed E-state index contributed by atoms with van der Waals surface area (Å²) in [6.45, 7) is 0.931. The summed E-state index contributed by atoms with van der Waals surface area (Å²) in [6.07, 6.45) is 0.639. The lowest BCUT2D eigenvalue weighted by atomic mass is 10.2. The monoisotopic (exact) mass is 475 g/mol. The highest BCUT2D eigenvalue weighted by Gasteiger charge is 2.18. The minimum atomic E-state index is -0.485. The van der Waals surface area contributed by atoms with E-state index in [9.17, 15) is 14.0 Å². The summed E-state index contributed by atoms with van der Waals surface area (Å²) in [4.78, 5) is 25.4. The van der Waals surface area contributed by atoms with Crippen LogP contribution in [-0.2, 0) is 16.1 Å². The number of aromatic nitrogens is 4. The van der Waals surface area contributed by atoms with E-state index in [0.29, 0.717) is 47.1 Å². The van der Waals surface area contributed by atoms with Crippen molar-refractivity contribution in [2.45, 2.75) is 18.1 Å². The van der Waals surface area contributed by atoms with Gasteiger partial charge in [-0.2, -0.15) is 0 Å². The number of hydrogen-bond acceptors (Lipinski definition) is 6. The predicted molar refractivity (Wildman–Crippen MR) is 122 cm³/mol. The van der Waals surface area contributed by atoms with E-state index in [0.717, 1.165) is 6.07 Å². The van der Waals surface area contributed by atoms with Crippen LogP contribution in [0, 0.1) is 5.82 Å². The van der Waals surface area contributed by atoms with E-state index < -0.39 is 5.82 Å². The van der Waals surface area contributed by atoms with Gasteiger partial charge in [-0.1, -0.05) is 35.5 Å². The lowest BCUT2D eigenvalue weighted by molar-refractivity contribution is -0.113. The number of fused-ring (bicyclic) bond motifs is 3. The topological polar surface area (TPSA) is 90.5 Å². The molecule has 1 amide bonds. The van der Waals surface area contributed by atoms with Crippen molar-refractivity contribution >= 4 is 51.6 Å². The van der Waals surface area contributed by atoms with E-state index in [-0.39, 0.29) is 22.2 Å². The zero-order valence-corrected chi connectivity index (χ0v) is 18.6. The van der Waals surface area contributed by atoms with Crippen molar-refractivity contribution in [3.63, 3.8) is 0 Å². The van der Waals surface area contributed by atoms with Crippen LogP contribution in [0.1, 0.15) is 6.42 Å². The summed E-state index contributed by atoms with van der Waals surface area (Å²) < 4.78 is 21.6. The van der Waals surface area contributed by atoms with Gasteiger partial charge in [0.25, 0.3) is 5.56 Å². The van der Waals surface area contributed by atoms with E-state index in [4.69, 9.17) is 16.3 Å². The van der Waals surface area contributed by atoms with Crippen molar-refractivity contribution in [3.8, 4) is 0 Å². The highest BCUT2D eigenvalue weighted by molar-refractivity contribution is 7.99. The standard InChI is InChI=1S/C21H19ClFN5O3S/c1-31-10-4-9-27-19(30)14-5-2-3-6-17(14)28-20(27)25-26-21(28)32-12-18(29)24-16-8-7-13(23)11-15(16)22/h2-3,5-8,11H,4,9-10,12H2,1H3,(H,24,29). The Morgan fingerprint density at radius 3 is 2.84 bits per heavy atom. The number of para-hydroxylation sites is 1. The molecule has 2 aromatic carbocycles. The van der Waals surface area contributed by atoms with E-state index in [2.05, 4.69) is 15.5 Å². The molecule has 0 saturated carbocycles. The predicted octanol–water partition coefficient (Wildman–Crippen LogP) is 3.60. The van der Waals surface area contributed by atoms with Gasteiger partial charge in [0.05, 0.1) is 27.4 Å². The fourth-order valence-corrected chi connectivity index (χ4v) is 4.26. The number of anilines is 1. The third-order valence-electron chi connectivity index (χ3n) is 4.75. The lowest BCUT2D eigenvalue weighted by Gasteiger charge is -2.11. The van der Waals surface area contributed by atoms with Crippen LogP contribution >= 0.6 is 23.4 Å². The molecule has 0 saturated heterocycles. The minimum Gasteiger partial charge on any atom is -0.385 e. The summed E-state index contributed by atoms with van der Waals surface area (Å²) in [5.41, 5.74) is 0.823. The molecular weight excluding hydrogens is 457 g/mol. The fraction of sp³-hybridized carbons (Fsp3) is 0.238. The van der Waals surface area contributed by atoms with Crippen LogP contribution < -0.4 is 10.9 Å². The number of halogens is 2. The van der Waals surface area contributed by atoms with Crippen LogP contribution in [0.25, 0.3) is 16.7 Å². The maximum absolute atomic E-state index is 13.2. The molecule has 0 atom stereocenters. The molecule has 11 heteroatoms. The number of nitrogens with zero attached hydrogens (tertiary/aromatic N) is 4. The maximum atomic E-state index is 13.2. The Morgan fingerprint density at radius 2 is 2.06 bits per heavy atom. The molecule has 166 valence electrons. The molecule has 0 spiro atoms. The Labute approximate surface area is 191 Å². The van der Waals surface area contributed by atoms with Gasteiger partial charge in [-0.15, -0.1) is 10.2 Å². The molecule has 2 aromatic heterocycles. The average molecular weight is 476 g/mol. The van der Waals surface area contributed by atoms with Gasteiger partial charge in [0, 0.05) is 20.3 Å². The Kier molecular flexibility index (Phi) is 6.73. The molecule has 1 N–H and O–H groups in total. The van der Waals surface area contributed by atoms with E-state index in [1.54, 1.807) is 28.2 Å². The molecule has 2 heterocycles. The summed E-state index contributed by atoms with van der Waals surface area (Å²) in [7, 11) is 1.61. The largest absolute Gasteiger partial charge is 0.385 e. The smallest absolute Gasteiger partial charge is 0.262 e. The Balaban J connectivity index is 1.63. The van der Waals surface area contributed by atoms with Gasteiger partial charge in [0.15, 0.2) is 5.16 Å². The van der Waals surface area contributed by atoms with Crippen molar-refractivity contribution in [2.75, 3.05) is 24.8 Å². The molecule has 32 heavy (non-hydrogen) atoms. The first kappa shape index (κ1) is 22.3. The van der Waals surface area contributed by atoms with Crippen LogP contribution in [0.2, 0.25) is 5.02 Å². The molecule has 4 rings (SSSR count). The highest BCUT2D eigenvalue weighted by Crippen LogP contribution is 2.24. The SMILES string of the molecule is COCCCn1c(=O)c2ccccc2n2c(SCC(=O)Nc3ccc(F)cc3Cl)nnc12. The number of aryl methyl sites for hydroxylation is 1. The van der Waals surface area contributed by atoms with Crippen molar-refractivity contribution in [1.82, 2.24) is 19.2 Å². The summed E-state index contributed by atoms with van der Waals surface area (Å²) in [5.74, 6) is -0.404. The van der Waals surface area contributed by atoms with Gasteiger partial charge < -0.3 is 10.1 Å². The Bertz CT molecular complexity index is 1360. The van der Waals surface area contributed by atoms with Crippen LogP contribution in [0.5, 0.6) is 0 Å².